The number of carbonyl (C=O) groups excluding carboxylic acids is 16. The average Bonchev–Trinajstić information content (AvgIpc) is 1.75. The Kier molecular flexibility index (Phi) is 45.2. The molecule has 0 aromatic rings. The van der Waals surface area contributed by atoms with Crippen molar-refractivity contribution in [1.29, 1.82) is 0 Å². The molecule has 16 amide bonds. The first-order valence-corrected chi connectivity index (χ1v) is 37.9. The van der Waals surface area contributed by atoms with Crippen LogP contribution in [0.1, 0.15) is 207 Å². The van der Waals surface area contributed by atoms with Crippen LogP contribution < -0.4 is 97.4 Å². The summed E-state index contributed by atoms with van der Waals surface area (Å²) in [7, 11) is 0. The SMILES string of the molecule is CC(=O)NCCCC[C@H](NC(C)=O)C(=O)NCCC(=O)N(CC(=O)NCCCCC(NC1CC1)C(N)=O)CC(=O)NCCCCC(NC1CC1)C(N)=O.CC(=O)NCCCC[C@H](NC(C)=O)C(=O)NCCC(=O)N(CC(=O)NCCCCC(NC1CC1)C(N)=O)CC(=O)NCCCCC(NC1CC1)C(N)=O. The van der Waals surface area contributed by atoms with Crippen LogP contribution in [0.15, 0.2) is 0 Å². The van der Waals surface area contributed by atoms with E-state index in [0.29, 0.717) is 179 Å². The van der Waals surface area contributed by atoms with Crippen molar-refractivity contribution in [3.05, 3.63) is 0 Å². The number of primary amides is 4. The minimum atomic E-state index is -0.835. The number of hydrogen-bond acceptors (Lipinski definition) is 20. The zero-order valence-electron chi connectivity index (χ0n) is 62.8. The Balaban J connectivity index is 0.000000550. The number of hydrogen-bond donors (Lipinski definition) is 18. The second-order valence-corrected chi connectivity index (χ2v) is 28.0. The molecule has 4 fully saturated rings. The summed E-state index contributed by atoms with van der Waals surface area (Å²) < 4.78 is 0. The molecule has 4 aliphatic carbocycles. The van der Waals surface area contributed by atoms with Gasteiger partial charge in [0.25, 0.3) is 0 Å². The molecule has 0 saturated heterocycles. The van der Waals surface area contributed by atoms with Gasteiger partial charge in [-0.1, -0.05) is 0 Å². The summed E-state index contributed by atoms with van der Waals surface area (Å²) in [5.74, 6) is -6.64. The fourth-order valence-corrected chi connectivity index (χ4v) is 11.2. The van der Waals surface area contributed by atoms with Gasteiger partial charge in [0, 0.05) is 117 Å². The van der Waals surface area contributed by atoms with Gasteiger partial charge in [-0.2, -0.15) is 0 Å². The Morgan fingerprint density at radius 3 is 0.698 bits per heavy atom. The van der Waals surface area contributed by atoms with Crippen molar-refractivity contribution in [3.8, 4) is 0 Å². The van der Waals surface area contributed by atoms with Crippen LogP contribution in [0.4, 0.5) is 0 Å². The van der Waals surface area contributed by atoms with E-state index in [0.717, 1.165) is 61.2 Å². The number of carbonyl (C=O) groups is 16. The van der Waals surface area contributed by atoms with Crippen molar-refractivity contribution in [1.82, 2.24) is 84.2 Å². The van der Waals surface area contributed by atoms with Crippen LogP contribution in [0.2, 0.25) is 0 Å². The number of amides is 16. The second-order valence-electron chi connectivity index (χ2n) is 28.0. The third-order valence-corrected chi connectivity index (χ3v) is 17.7. The Labute approximate surface area is 622 Å². The highest BCUT2D eigenvalue weighted by Gasteiger charge is 2.32. The Hall–Kier alpha value is -8.64. The fourth-order valence-electron chi connectivity index (χ4n) is 11.2. The topological polar surface area (TPSA) is 552 Å². The van der Waals surface area contributed by atoms with Crippen molar-refractivity contribution in [3.63, 3.8) is 0 Å². The summed E-state index contributed by atoms with van der Waals surface area (Å²) in [6.45, 7) is 5.77. The monoisotopic (exact) mass is 1500 g/mol. The molecular formula is C70H124N20O16. The predicted octanol–water partition coefficient (Wildman–Crippen LogP) is -4.17. The molecule has 4 rings (SSSR count). The third kappa shape index (κ3) is 46.3. The maximum Gasteiger partial charge on any atom is 0.242 e. The summed E-state index contributed by atoms with van der Waals surface area (Å²) >= 11 is 0. The standard InChI is InChI=1S/2C35H62N10O8/c2*1-23(46)38-17-6-5-11-29(42-24(2)47)35(53)41-20-16-32(50)45(21-30(48)39-18-7-3-9-27(33(36)51)43-25-12-13-25)22-31(49)40-19-8-4-10-28(34(37)52)44-26-14-15-26/h2*25-29,43-44H,3-22H2,1-2H3,(H2,36,51)(H2,37,52)(H,38,46)(H,39,48)(H,40,49)(H,41,53)(H,42,47)/t2*27?,28?,29-/m00/s1. The molecule has 0 aliphatic heterocycles. The van der Waals surface area contributed by atoms with Gasteiger partial charge in [-0.15, -0.1) is 0 Å². The Bertz CT molecular complexity index is 2560. The second kappa shape index (κ2) is 52.4. The number of unbranched alkanes of at least 4 members (excludes halogenated alkanes) is 6. The van der Waals surface area contributed by atoms with Gasteiger partial charge < -0.3 is 107 Å². The van der Waals surface area contributed by atoms with Gasteiger partial charge in [0.1, 0.15) is 38.3 Å². The van der Waals surface area contributed by atoms with Crippen molar-refractivity contribution < 1.29 is 76.7 Å². The highest BCUT2D eigenvalue weighted by atomic mass is 16.2. The Morgan fingerprint density at radius 1 is 0.283 bits per heavy atom. The quantitative estimate of drug-likeness (QED) is 0.0257. The summed E-state index contributed by atoms with van der Waals surface area (Å²) in [4.78, 5) is 198. The number of nitrogens with zero attached hydrogens (tertiary/aromatic N) is 2. The van der Waals surface area contributed by atoms with E-state index in [4.69, 9.17) is 22.9 Å². The van der Waals surface area contributed by atoms with E-state index >= 15 is 0 Å². The van der Waals surface area contributed by atoms with Crippen LogP contribution in [-0.4, -0.2) is 243 Å². The molecule has 0 radical (unpaired) electrons. The van der Waals surface area contributed by atoms with Crippen LogP contribution >= 0.6 is 0 Å². The molecule has 0 heterocycles. The van der Waals surface area contributed by atoms with Crippen LogP contribution in [0.5, 0.6) is 0 Å². The summed E-state index contributed by atoms with van der Waals surface area (Å²) in [5, 5.41) is 39.8. The van der Waals surface area contributed by atoms with Crippen LogP contribution in [0, 0.1) is 0 Å². The van der Waals surface area contributed by atoms with Gasteiger partial charge in [0.15, 0.2) is 0 Å². The lowest BCUT2D eigenvalue weighted by atomic mass is 10.1. The van der Waals surface area contributed by atoms with Crippen LogP contribution in [-0.2, 0) is 76.7 Å². The number of nitrogens with one attached hydrogen (secondary N) is 14. The fraction of sp³-hybridized carbons (Fsp3) is 0.771. The zero-order chi connectivity index (χ0) is 78.3. The lowest BCUT2D eigenvalue weighted by Crippen LogP contribution is -2.48. The van der Waals surface area contributed by atoms with E-state index in [-0.39, 0.29) is 63.9 Å². The molecule has 0 spiro atoms. The van der Waals surface area contributed by atoms with E-state index in [1.807, 2.05) is 0 Å². The molecule has 0 aromatic carbocycles. The summed E-state index contributed by atoms with van der Waals surface area (Å²) in [6.07, 6.45) is 17.8. The lowest BCUT2D eigenvalue weighted by Gasteiger charge is -2.23. The molecular weight excluding hydrogens is 1380 g/mol. The Morgan fingerprint density at radius 2 is 0.500 bits per heavy atom. The molecule has 6 atom stereocenters. The average molecular weight is 1500 g/mol. The van der Waals surface area contributed by atoms with Gasteiger partial charge >= 0.3 is 0 Å². The molecule has 22 N–H and O–H groups in total. The molecule has 600 valence electrons. The smallest absolute Gasteiger partial charge is 0.242 e. The lowest BCUT2D eigenvalue weighted by molar-refractivity contribution is -0.139. The van der Waals surface area contributed by atoms with Crippen molar-refractivity contribution >= 4 is 94.5 Å². The largest absolute Gasteiger partial charge is 0.368 e. The van der Waals surface area contributed by atoms with Crippen molar-refractivity contribution in [2.45, 2.75) is 268 Å². The predicted molar refractivity (Wildman–Crippen MR) is 393 cm³/mol. The molecule has 36 nitrogen and oxygen atoms in total. The molecule has 36 heteroatoms. The first-order valence-electron chi connectivity index (χ1n) is 37.9. The summed E-state index contributed by atoms with van der Waals surface area (Å²) in [5.41, 5.74) is 22.0. The first-order chi connectivity index (χ1) is 50.5. The van der Waals surface area contributed by atoms with E-state index in [9.17, 15) is 76.7 Å². The maximum absolute atomic E-state index is 13.3. The third-order valence-electron chi connectivity index (χ3n) is 17.7. The minimum Gasteiger partial charge on any atom is -0.368 e. The molecule has 0 bridgehead atoms. The molecule has 0 aromatic heterocycles. The van der Waals surface area contributed by atoms with Gasteiger partial charge in [-0.3, -0.25) is 76.7 Å². The summed E-state index contributed by atoms with van der Waals surface area (Å²) in [6, 6.07) is -2.03. The van der Waals surface area contributed by atoms with E-state index in [1.165, 1.54) is 27.7 Å². The van der Waals surface area contributed by atoms with E-state index in [1.54, 1.807) is 0 Å². The highest BCUT2D eigenvalue weighted by molar-refractivity contribution is 5.92. The molecule has 4 saturated carbocycles. The van der Waals surface area contributed by atoms with Gasteiger partial charge in [0.05, 0.1) is 24.2 Å². The first kappa shape index (κ1) is 91.6. The highest BCUT2D eigenvalue weighted by Crippen LogP contribution is 2.23. The van der Waals surface area contributed by atoms with Gasteiger partial charge in [-0.05, 0) is 167 Å². The molecule has 106 heavy (non-hydrogen) atoms. The normalized spacial score (nSPS) is 15.3. The zero-order valence-corrected chi connectivity index (χ0v) is 62.8. The van der Waals surface area contributed by atoms with Gasteiger partial charge in [0.2, 0.25) is 94.5 Å². The van der Waals surface area contributed by atoms with Crippen LogP contribution in [0.3, 0.4) is 0 Å². The van der Waals surface area contributed by atoms with Gasteiger partial charge in [-0.25, -0.2) is 0 Å². The minimum absolute atomic E-state index is 0.0920. The van der Waals surface area contributed by atoms with Crippen LogP contribution in [0.25, 0.3) is 0 Å². The molecule has 4 unspecified atom stereocenters. The number of rotatable bonds is 60. The van der Waals surface area contributed by atoms with Crippen molar-refractivity contribution in [2.24, 2.45) is 22.9 Å². The molecule has 4 aliphatic rings. The number of nitrogens with two attached hydrogens (primary N) is 4. The van der Waals surface area contributed by atoms with E-state index < -0.39 is 119 Å². The maximum atomic E-state index is 13.3. The van der Waals surface area contributed by atoms with Crippen molar-refractivity contribution in [2.75, 3.05) is 78.5 Å². The van der Waals surface area contributed by atoms with E-state index in [2.05, 4.69) is 74.4 Å².